The molecule has 2 aliphatic heterocycles. The number of anilines is 1. The van der Waals surface area contributed by atoms with Crippen molar-refractivity contribution >= 4 is 28.4 Å². The molecule has 2 fully saturated rings. The molecule has 1 aromatic heterocycles. The molecule has 0 bridgehead atoms. The quantitative estimate of drug-likeness (QED) is 0.527. The molecule has 1 atom stereocenters. The van der Waals surface area contributed by atoms with Crippen molar-refractivity contribution in [1.82, 2.24) is 15.1 Å². The van der Waals surface area contributed by atoms with Crippen molar-refractivity contribution in [3.8, 4) is 0 Å². The summed E-state index contributed by atoms with van der Waals surface area (Å²) in [7, 11) is 0. The number of rotatable bonds is 3. The van der Waals surface area contributed by atoms with E-state index in [2.05, 4.69) is 20.0 Å². The average Bonchev–Trinajstić information content (AvgIpc) is 3.36. The van der Waals surface area contributed by atoms with Crippen LogP contribution in [0.4, 0.5) is 35.9 Å². The second kappa shape index (κ2) is 13.1. The number of hydrogen-bond acceptors (Lipinski definition) is 8. The highest BCUT2D eigenvalue weighted by atomic mass is 32.1. The molecule has 17 heteroatoms. The summed E-state index contributed by atoms with van der Waals surface area (Å²) in [4.78, 5) is 22.5. The first-order valence-electron chi connectivity index (χ1n) is 10.8. The van der Waals surface area contributed by atoms with Gasteiger partial charge in [-0.05, 0) is 30.5 Å². The van der Waals surface area contributed by atoms with Crippen molar-refractivity contribution in [3.63, 3.8) is 0 Å². The van der Waals surface area contributed by atoms with E-state index >= 15 is 0 Å². The third-order valence-corrected chi connectivity index (χ3v) is 6.04. The maximum atomic E-state index is 13.1. The summed E-state index contributed by atoms with van der Waals surface area (Å²) in [5, 5.41) is 23.4. The minimum atomic E-state index is -5.08. The SMILES string of the molecule is Fc1ccc(CN2CCOC3(CCCN(c4nncs4)C3)C2)cc1.O=C(O)C(F)(F)F.O=C(O)C(F)(F)F. The summed E-state index contributed by atoms with van der Waals surface area (Å²) < 4.78 is 82.8. The third-order valence-electron chi connectivity index (χ3n) is 5.29. The van der Waals surface area contributed by atoms with Gasteiger partial charge in [0.15, 0.2) is 0 Å². The summed E-state index contributed by atoms with van der Waals surface area (Å²) >= 11 is 1.58. The van der Waals surface area contributed by atoms with Crippen LogP contribution < -0.4 is 4.90 Å². The highest BCUT2D eigenvalue weighted by Crippen LogP contribution is 2.32. The van der Waals surface area contributed by atoms with E-state index in [0.717, 1.165) is 62.9 Å². The van der Waals surface area contributed by atoms with Crippen molar-refractivity contribution in [3.05, 3.63) is 41.2 Å². The van der Waals surface area contributed by atoms with Gasteiger partial charge in [0.1, 0.15) is 11.3 Å². The van der Waals surface area contributed by atoms with E-state index in [1.165, 1.54) is 12.1 Å². The van der Waals surface area contributed by atoms with Gasteiger partial charge in [-0.2, -0.15) is 26.3 Å². The zero-order chi connectivity index (χ0) is 28.6. The summed E-state index contributed by atoms with van der Waals surface area (Å²) in [6.07, 6.45) is -7.99. The highest BCUT2D eigenvalue weighted by molar-refractivity contribution is 7.13. The maximum absolute atomic E-state index is 13.1. The van der Waals surface area contributed by atoms with E-state index < -0.39 is 24.3 Å². The van der Waals surface area contributed by atoms with Gasteiger partial charge in [-0.1, -0.05) is 23.5 Å². The first kappa shape index (κ1) is 31.2. The maximum Gasteiger partial charge on any atom is 0.490 e. The zero-order valence-electron chi connectivity index (χ0n) is 19.5. The molecule has 9 nitrogen and oxygen atoms in total. The second-order valence-corrected chi connectivity index (χ2v) is 9.03. The van der Waals surface area contributed by atoms with Gasteiger partial charge in [0.05, 0.1) is 18.8 Å². The number of carboxylic acids is 2. The van der Waals surface area contributed by atoms with Crippen LogP contribution in [-0.2, 0) is 20.9 Å². The normalized spacial score (nSPS) is 20.1. The van der Waals surface area contributed by atoms with E-state index in [1.807, 2.05) is 12.1 Å². The topological polar surface area (TPSA) is 116 Å². The van der Waals surface area contributed by atoms with Gasteiger partial charge in [-0.25, -0.2) is 14.0 Å². The molecule has 2 saturated heterocycles. The molecule has 0 saturated carbocycles. The first-order valence-corrected chi connectivity index (χ1v) is 11.7. The van der Waals surface area contributed by atoms with Gasteiger partial charge < -0.3 is 19.8 Å². The van der Waals surface area contributed by atoms with E-state index in [1.54, 1.807) is 16.8 Å². The van der Waals surface area contributed by atoms with Crippen molar-refractivity contribution in [2.45, 2.75) is 37.3 Å². The Morgan fingerprint density at radius 3 is 2.08 bits per heavy atom. The summed E-state index contributed by atoms with van der Waals surface area (Å²) in [5.74, 6) is -5.70. The molecular weight excluding hydrogens is 553 g/mol. The first-order chi connectivity index (χ1) is 17.6. The number of halogens is 7. The van der Waals surface area contributed by atoms with Crippen molar-refractivity contribution in [2.24, 2.45) is 0 Å². The zero-order valence-corrected chi connectivity index (χ0v) is 20.3. The lowest BCUT2D eigenvalue weighted by Crippen LogP contribution is -2.59. The Bertz CT molecular complexity index is 1010. The smallest absolute Gasteiger partial charge is 0.475 e. The van der Waals surface area contributed by atoms with E-state index in [9.17, 15) is 30.7 Å². The Morgan fingerprint density at radius 2 is 1.58 bits per heavy atom. The van der Waals surface area contributed by atoms with E-state index in [4.69, 9.17) is 24.5 Å². The minimum absolute atomic E-state index is 0.137. The molecule has 38 heavy (non-hydrogen) atoms. The fraction of sp³-hybridized carbons (Fsp3) is 0.524. The molecule has 0 amide bonds. The number of piperidine rings is 1. The molecule has 2 aromatic rings. The fourth-order valence-corrected chi connectivity index (χ4v) is 4.31. The number of benzene rings is 1. The number of ether oxygens (including phenoxy) is 1. The molecule has 1 unspecified atom stereocenters. The largest absolute Gasteiger partial charge is 0.490 e. The number of nitrogens with zero attached hydrogens (tertiary/aromatic N) is 4. The number of carbonyl (C=O) groups is 2. The Labute approximate surface area is 215 Å². The van der Waals surface area contributed by atoms with Crippen LogP contribution >= 0.6 is 11.3 Å². The number of carboxylic acid groups (broad SMARTS) is 2. The molecule has 3 heterocycles. The average molecular weight is 576 g/mol. The van der Waals surface area contributed by atoms with Crippen LogP contribution in [0.25, 0.3) is 0 Å². The minimum Gasteiger partial charge on any atom is -0.475 e. The van der Waals surface area contributed by atoms with Crippen LogP contribution in [0.5, 0.6) is 0 Å². The lowest BCUT2D eigenvalue weighted by atomic mass is 9.90. The van der Waals surface area contributed by atoms with Gasteiger partial charge in [0, 0.05) is 26.2 Å². The number of hydrogen-bond donors (Lipinski definition) is 2. The van der Waals surface area contributed by atoms with Crippen molar-refractivity contribution < 1.29 is 55.3 Å². The Morgan fingerprint density at radius 1 is 1.00 bits per heavy atom. The molecule has 2 aliphatic rings. The lowest BCUT2D eigenvalue weighted by molar-refractivity contribution is -0.193. The standard InChI is InChI=1S/C17H21FN4OS.2C2HF3O2/c18-15-4-2-14(3-5-15)10-21-8-9-23-17(11-21)6-1-7-22(12-17)16-20-19-13-24-16;2*3-2(4,5)1(6)7/h2-5,13H,1,6-12H2;2*(H,6,7). The van der Waals surface area contributed by atoms with E-state index in [0.29, 0.717) is 0 Å². The lowest BCUT2D eigenvalue weighted by Gasteiger charge is -2.48. The van der Waals surface area contributed by atoms with Crippen LogP contribution in [0, 0.1) is 5.82 Å². The monoisotopic (exact) mass is 576 g/mol. The molecule has 0 radical (unpaired) electrons. The Kier molecular flexibility index (Phi) is 10.8. The summed E-state index contributed by atoms with van der Waals surface area (Å²) in [5.41, 5.74) is 2.78. The molecule has 1 spiro atoms. The number of alkyl halides is 6. The summed E-state index contributed by atoms with van der Waals surface area (Å²) in [6.45, 7) is 5.27. The van der Waals surface area contributed by atoms with Gasteiger partial charge in [0.2, 0.25) is 5.13 Å². The number of morpholine rings is 1. The number of aromatic nitrogens is 2. The van der Waals surface area contributed by atoms with Crippen LogP contribution in [0.15, 0.2) is 29.8 Å². The Balaban J connectivity index is 0.000000301. The molecular formula is C21H23F7N4O5S. The van der Waals surface area contributed by atoms with Crippen molar-refractivity contribution in [1.29, 1.82) is 0 Å². The van der Waals surface area contributed by atoms with Crippen LogP contribution in [0.1, 0.15) is 18.4 Å². The van der Waals surface area contributed by atoms with E-state index in [-0.39, 0.29) is 11.4 Å². The number of aliphatic carboxylic acids is 2. The van der Waals surface area contributed by atoms with Crippen molar-refractivity contribution in [2.75, 3.05) is 37.7 Å². The summed E-state index contributed by atoms with van der Waals surface area (Å²) in [6, 6.07) is 6.80. The second-order valence-electron chi connectivity index (χ2n) is 8.22. The van der Waals surface area contributed by atoms with Crippen LogP contribution in [0.2, 0.25) is 0 Å². The van der Waals surface area contributed by atoms with Gasteiger partial charge in [-0.15, -0.1) is 10.2 Å². The Hall–Kier alpha value is -3.05. The van der Waals surface area contributed by atoms with Gasteiger partial charge in [0.25, 0.3) is 0 Å². The molecule has 0 aliphatic carbocycles. The van der Waals surface area contributed by atoms with Crippen LogP contribution in [0.3, 0.4) is 0 Å². The molecule has 4 rings (SSSR count). The predicted octanol–water partition coefficient (Wildman–Crippen LogP) is 3.82. The third kappa shape index (κ3) is 10.0. The van der Waals surface area contributed by atoms with Crippen LogP contribution in [-0.4, -0.2) is 88.0 Å². The van der Waals surface area contributed by atoms with Gasteiger partial charge >= 0.3 is 24.3 Å². The highest BCUT2D eigenvalue weighted by Gasteiger charge is 2.41. The molecule has 212 valence electrons. The molecule has 2 N–H and O–H groups in total. The van der Waals surface area contributed by atoms with Gasteiger partial charge in [-0.3, -0.25) is 4.90 Å². The molecule has 1 aromatic carbocycles. The fourth-order valence-electron chi connectivity index (χ4n) is 3.72. The predicted molar refractivity (Wildman–Crippen MR) is 119 cm³/mol.